The summed E-state index contributed by atoms with van der Waals surface area (Å²) < 4.78 is 8.58. The van der Waals surface area contributed by atoms with E-state index in [4.69, 9.17) is 0 Å². The molecule has 0 saturated carbocycles. The van der Waals surface area contributed by atoms with Crippen LogP contribution in [0.15, 0.2) is 12.4 Å². The van der Waals surface area contributed by atoms with Crippen LogP contribution in [0.25, 0.3) is 22.1 Å². The van der Waals surface area contributed by atoms with Gasteiger partial charge in [0.05, 0.1) is 22.8 Å². The molecular formula is C10H8N4S. The van der Waals surface area contributed by atoms with E-state index in [2.05, 4.69) is 18.7 Å². The van der Waals surface area contributed by atoms with E-state index in [1.165, 1.54) is 11.7 Å². The number of hydrogen-bond acceptors (Lipinski definition) is 5. The zero-order valence-electron chi connectivity index (χ0n) is 8.35. The van der Waals surface area contributed by atoms with Gasteiger partial charge in [-0.05, 0) is 13.8 Å². The standard InChI is InChI=1S/C10H8N4S/c1-5-7-8(12-4-3-11-7)6(2)10-9(5)13-15-14-10/h3-4H,1-2H3. The Morgan fingerprint density at radius 3 is 1.73 bits per heavy atom. The molecule has 0 saturated heterocycles. The normalized spacial score (nSPS) is 11.3. The quantitative estimate of drug-likeness (QED) is 0.578. The van der Waals surface area contributed by atoms with Crippen molar-refractivity contribution in [2.24, 2.45) is 0 Å². The van der Waals surface area contributed by atoms with E-state index in [0.717, 1.165) is 33.2 Å². The minimum absolute atomic E-state index is 0.926. The molecule has 15 heavy (non-hydrogen) atoms. The summed E-state index contributed by atoms with van der Waals surface area (Å²) in [5, 5.41) is 0. The van der Waals surface area contributed by atoms with Crippen LogP contribution in [0.1, 0.15) is 11.1 Å². The van der Waals surface area contributed by atoms with Crippen LogP contribution in [-0.2, 0) is 0 Å². The molecule has 0 bridgehead atoms. The number of rotatable bonds is 0. The maximum Gasteiger partial charge on any atom is 0.110 e. The number of aromatic nitrogens is 4. The van der Waals surface area contributed by atoms with E-state index in [1.807, 2.05) is 13.8 Å². The van der Waals surface area contributed by atoms with Gasteiger partial charge in [0.15, 0.2) is 0 Å². The van der Waals surface area contributed by atoms with Gasteiger partial charge in [-0.15, -0.1) is 0 Å². The summed E-state index contributed by atoms with van der Waals surface area (Å²) in [5.74, 6) is 0. The van der Waals surface area contributed by atoms with Crippen molar-refractivity contribution in [1.82, 2.24) is 18.7 Å². The zero-order chi connectivity index (χ0) is 10.4. The topological polar surface area (TPSA) is 51.6 Å². The Balaban J connectivity index is 2.69. The number of aryl methyl sites for hydroxylation is 2. The maximum absolute atomic E-state index is 4.35. The van der Waals surface area contributed by atoms with Gasteiger partial charge in [-0.2, -0.15) is 8.75 Å². The second-order valence-corrected chi connectivity index (χ2v) is 3.99. The predicted octanol–water partition coefficient (Wildman–Crippen LogP) is 2.25. The summed E-state index contributed by atoms with van der Waals surface area (Å²) in [5.41, 5.74) is 5.88. The van der Waals surface area contributed by atoms with Gasteiger partial charge in [0.2, 0.25) is 0 Å². The number of benzene rings is 1. The predicted molar refractivity (Wildman–Crippen MR) is 60.0 cm³/mol. The van der Waals surface area contributed by atoms with E-state index >= 15 is 0 Å². The Morgan fingerprint density at radius 2 is 1.27 bits per heavy atom. The van der Waals surface area contributed by atoms with Gasteiger partial charge in [0.1, 0.15) is 11.0 Å². The van der Waals surface area contributed by atoms with Crippen molar-refractivity contribution in [3.05, 3.63) is 23.5 Å². The van der Waals surface area contributed by atoms with Crippen molar-refractivity contribution >= 4 is 33.8 Å². The van der Waals surface area contributed by atoms with Gasteiger partial charge in [0, 0.05) is 23.5 Å². The lowest BCUT2D eigenvalue weighted by Crippen LogP contribution is -1.91. The van der Waals surface area contributed by atoms with Gasteiger partial charge < -0.3 is 0 Å². The minimum Gasteiger partial charge on any atom is -0.253 e. The molecule has 2 aromatic heterocycles. The highest BCUT2D eigenvalue weighted by molar-refractivity contribution is 7.00. The molecule has 3 aromatic rings. The van der Waals surface area contributed by atoms with Gasteiger partial charge in [-0.25, -0.2) is 0 Å². The first-order chi connectivity index (χ1) is 7.29. The van der Waals surface area contributed by atoms with Crippen molar-refractivity contribution in [3.63, 3.8) is 0 Å². The van der Waals surface area contributed by atoms with Gasteiger partial charge in [0.25, 0.3) is 0 Å². The Morgan fingerprint density at radius 1 is 0.800 bits per heavy atom. The summed E-state index contributed by atoms with van der Waals surface area (Å²) in [6.07, 6.45) is 3.42. The molecule has 3 rings (SSSR count). The first-order valence-corrected chi connectivity index (χ1v) is 5.34. The van der Waals surface area contributed by atoms with Crippen LogP contribution in [0.2, 0.25) is 0 Å². The Bertz CT molecular complexity index is 603. The molecule has 0 aliphatic rings. The summed E-state index contributed by atoms with van der Waals surface area (Å²) in [6.45, 7) is 4.03. The van der Waals surface area contributed by atoms with E-state index in [1.54, 1.807) is 12.4 Å². The molecule has 74 valence electrons. The monoisotopic (exact) mass is 216 g/mol. The lowest BCUT2D eigenvalue weighted by Gasteiger charge is -2.03. The fourth-order valence-corrected chi connectivity index (χ4v) is 2.44. The molecule has 0 spiro atoms. The molecule has 0 aliphatic carbocycles. The summed E-state index contributed by atoms with van der Waals surface area (Å²) in [6, 6.07) is 0. The molecule has 0 radical (unpaired) electrons. The molecule has 0 N–H and O–H groups in total. The van der Waals surface area contributed by atoms with Crippen molar-refractivity contribution in [3.8, 4) is 0 Å². The van der Waals surface area contributed by atoms with E-state index in [0.29, 0.717) is 0 Å². The Labute approximate surface area is 90.3 Å². The first kappa shape index (κ1) is 8.67. The summed E-state index contributed by atoms with van der Waals surface area (Å²) in [7, 11) is 0. The highest BCUT2D eigenvalue weighted by Gasteiger charge is 2.12. The van der Waals surface area contributed by atoms with Gasteiger partial charge in [-0.3, -0.25) is 9.97 Å². The third-order valence-electron chi connectivity index (χ3n) is 2.61. The lowest BCUT2D eigenvalue weighted by atomic mass is 10.1. The largest absolute Gasteiger partial charge is 0.253 e. The van der Waals surface area contributed by atoms with E-state index < -0.39 is 0 Å². The Hall–Kier alpha value is -1.62. The van der Waals surface area contributed by atoms with Crippen LogP contribution in [0.4, 0.5) is 0 Å². The number of hydrogen-bond donors (Lipinski definition) is 0. The van der Waals surface area contributed by atoms with Gasteiger partial charge >= 0.3 is 0 Å². The minimum atomic E-state index is 0.926. The smallest absolute Gasteiger partial charge is 0.110 e. The summed E-state index contributed by atoms with van der Waals surface area (Å²) in [4.78, 5) is 8.69. The fourth-order valence-electron chi connectivity index (χ4n) is 1.79. The average Bonchev–Trinajstić information content (AvgIpc) is 2.75. The van der Waals surface area contributed by atoms with Crippen LogP contribution >= 0.6 is 11.7 Å². The molecule has 5 heteroatoms. The molecular weight excluding hydrogens is 208 g/mol. The van der Waals surface area contributed by atoms with E-state index in [9.17, 15) is 0 Å². The van der Waals surface area contributed by atoms with E-state index in [-0.39, 0.29) is 0 Å². The maximum atomic E-state index is 4.35. The Kier molecular flexibility index (Phi) is 1.70. The number of fused-ring (bicyclic) bond motifs is 2. The van der Waals surface area contributed by atoms with Crippen LogP contribution in [-0.4, -0.2) is 18.7 Å². The third kappa shape index (κ3) is 1.07. The molecule has 0 aliphatic heterocycles. The van der Waals surface area contributed by atoms with Gasteiger partial charge in [-0.1, -0.05) is 0 Å². The van der Waals surface area contributed by atoms with Crippen molar-refractivity contribution in [2.75, 3.05) is 0 Å². The zero-order valence-corrected chi connectivity index (χ0v) is 9.17. The highest BCUT2D eigenvalue weighted by atomic mass is 32.1. The molecule has 1 aromatic carbocycles. The van der Waals surface area contributed by atoms with Crippen LogP contribution in [0.5, 0.6) is 0 Å². The highest BCUT2D eigenvalue weighted by Crippen LogP contribution is 2.27. The molecule has 0 atom stereocenters. The first-order valence-electron chi connectivity index (χ1n) is 4.61. The van der Waals surface area contributed by atoms with Crippen molar-refractivity contribution in [1.29, 1.82) is 0 Å². The third-order valence-corrected chi connectivity index (χ3v) is 3.14. The molecule has 0 unspecified atom stereocenters. The van der Waals surface area contributed by atoms with Crippen molar-refractivity contribution in [2.45, 2.75) is 13.8 Å². The second-order valence-electron chi connectivity index (χ2n) is 3.46. The molecule has 0 fully saturated rings. The fraction of sp³-hybridized carbons (Fsp3) is 0.200. The van der Waals surface area contributed by atoms with Crippen LogP contribution in [0, 0.1) is 13.8 Å². The second kappa shape index (κ2) is 2.93. The molecule has 4 nitrogen and oxygen atoms in total. The number of nitrogens with zero attached hydrogens (tertiary/aromatic N) is 4. The molecule has 2 heterocycles. The SMILES string of the molecule is Cc1c2nccnc2c(C)c2nsnc12. The van der Waals surface area contributed by atoms with Crippen molar-refractivity contribution < 1.29 is 0 Å². The lowest BCUT2D eigenvalue weighted by molar-refractivity contribution is 1.26. The van der Waals surface area contributed by atoms with Crippen LogP contribution < -0.4 is 0 Å². The van der Waals surface area contributed by atoms with Crippen LogP contribution in [0.3, 0.4) is 0 Å². The average molecular weight is 216 g/mol. The molecule has 0 amide bonds. The summed E-state index contributed by atoms with van der Waals surface area (Å²) >= 11 is 1.24.